The highest BCUT2D eigenvalue weighted by atomic mass is 16.5. The van der Waals surface area contributed by atoms with Crippen LogP contribution in [0.15, 0.2) is 42.6 Å². The standard InChI is InChI=1S/C21H22N4O3/c1-15(26)18-4-3-5-19(13-18)28-16(2)21(27)25-10-8-24(9-11-25)20-12-17(14-22)6-7-23-20/h3-7,12-13,16H,8-11H2,1-2H3. The summed E-state index contributed by atoms with van der Waals surface area (Å²) in [6.07, 6.45) is 0.977. The Bertz CT molecular complexity index is 914. The lowest BCUT2D eigenvalue weighted by Gasteiger charge is -2.36. The highest BCUT2D eigenvalue weighted by Gasteiger charge is 2.26. The third kappa shape index (κ3) is 4.46. The zero-order valence-corrected chi connectivity index (χ0v) is 16.0. The van der Waals surface area contributed by atoms with E-state index in [0.717, 1.165) is 5.82 Å². The van der Waals surface area contributed by atoms with Gasteiger partial charge in [0.15, 0.2) is 11.9 Å². The molecule has 1 aromatic heterocycles. The molecule has 1 aromatic carbocycles. The van der Waals surface area contributed by atoms with Gasteiger partial charge >= 0.3 is 0 Å². The van der Waals surface area contributed by atoms with Crippen molar-refractivity contribution in [2.75, 3.05) is 31.1 Å². The van der Waals surface area contributed by atoms with Crippen LogP contribution in [0.2, 0.25) is 0 Å². The first-order valence-corrected chi connectivity index (χ1v) is 9.15. The predicted octanol–water partition coefficient (Wildman–Crippen LogP) is 2.27. The number of rotatable bonds is 5. The van der Waals surface area contributed by atoms with Gasteiger partial charge in [-0.25, -0.2) is 4.98 Å². The van der Waals surface area contributed by atoms with E-state index in [1.54, 1.807) is 54.4 Å². The smallest absolute Gasteiger partial charge is 0.263 e. The second-order valence-corrected chi connectivity index (χ2v) is 6.67. The topological polar surface area (TPSA) is 86.5 Å². The minimum absolute atomic E-state index is 0.0466. The maximum absolute atomic E-state index is 12.7. The van der Waals surface area contributed by atoms with Crippen LogP contribution in [0.1, 0.15) is 29.8 Å². The molecule has 1 unspecified atom stereocenters. The van der Waals surface area contributed by atoms with E-state index in [1.807, 2.05) is 0 Å². The molecule has 0 aliphatic carbocycles. The molecule has 2 aromatic rings. The van der Waals surface area contributed by atoms with Gasteiger partial charge < -0.3 is 14.5 Å². The van der Waals surface area contributed by atoms with Crippen LogP contribution in [0.5, 0.6) is 5.75 Å². The van der Waals surface area contributed by atoms with Crippen molar-refractivity contribution >= 4 is 17.5 Å². The Morgan fingerprint density at radius 3 is 2.61 bits per heavy atom. The number of nitriles is 1. The van der Waals surface area contributed by atoms with Gasteiger partial charge in [-0.05, 0) is 38.1 Å². The summed E-state index contributed by atoms with van der Waals surface area (Å²) in [5.74, 6) is 1.11. The van der Waals surface area contributed by atoms with Crippen molar-refractivity contribution < 1.29 is 14.3 Å². The molecule has 7 heteroatoms. The highest BCUT2D eigenvalue weighted by molar-refractivity contribution is 5.94. The maximum Gasteiger partial charge on any atom is 0.263 e. The second kappa shape index (κ2) is 8.53. The number of amides is 1. The number of hydrogen-bond acceptors (Lipinski definition) is 6. The summed E-state index contributed by atoms with van der Waals surface area (Å²) in [4.78, 5) is 32.4. The monoisotopic (exact) mass is 378 g/mol. The summed E-state index contributed by atoms with van der Waals surface area (Å²) < 4.78 is 5.76. The number of piperazine rings is 1. The number of aromatic nitrogens is 1. The molecular formula is C21H22N4O3. The van der Waals surface area contributed by atoms with E-state index in [-0.39, 0.29) is 11.7 Å². The average molecular weight is 378 g/mol. The molecule has 1 fully saturated rings. The number of nitrogens with zero attached hydrogens (tertiary/aromatic N) is 4. The fourth-order valence-electron chi connectivity index (χ4n) is 3.12. The Balaban J connectivity index is 1.58. The molecule has 0 saturated carbocycles. The maximum atomic E-state index is 12.7. The lowest BCUT2D eigenvalue weighted by atomic mass is 10.1. The number of carbonyl (C=O) groups excluding carboxylic acids is 2. The third-order valence-electron chi connectivity index (χ3n) is 4.69. The normalized spacial score (nSPS) is 14.9. The zero-order valence-electron chi connectivity index (χ0n) is 16.0. The molecule has 1 amide bonds. The van der Waals surface area contributed by atoms with E-state index >= 15 is 0 Å². The molecular weight excluding hydrogens is 356 g/mol. The van der Waals surface area contributed by atoms with Gasteiger partial charge in [-0.1, -0.05) is 12.1 Å². The summed E-state index contributed by atoms with van der Waals surface area (Å²) in [5.41, 5.74) is 1.12. The largest absolute Gasteiger partial charge is 0.481 e. The van der Waals surface area contributed by atoms with E-state index in [0.29, 0.717) is 43.1 Å². The average Bonchev–Trinajstić information content (AvgIpc) is 2.73. The summed E-state index contributed by atoms with van der Waals surface area (Å²) in [5, 5.41) is 9.02. The van der Waals surface area contributed by atoms with Crippen LogP contribution in [0.25, 0.3) is 0 Å². The molecule has 28 heavy (non-hydrogen) atoms. The molecule has 1 aliphatic rings. The molecule has 3 rings (SSSR count). The van der Waals surface area contributed by atoms with Crippen LogP contribution < -0.4 is 9.64 Å². The predicted molar refractivity (Wildman–Crippen MR) is 104 cm³/mol. The molecule has 0 radical (unpaired) electrons. The molecule has 7 nitrogen and oxygen atoms in total. The summed E-state index contributed by atoms with van der Waals surface area (Å²) in [6.45, 7) is 5.60. The van der Waals surface area contributed by atoms with Crippen molar-refractivity contribution in [3.8, 4) is 11.8 Å². The van der Waals surface area contributed by atoms with Gasteiger partial charge in [0, 0.05) is 37.9 Å². The van der Waals surface area contributed by atoms with Crippen molar-refractivity contribution in [1.29, 1.82) is 5.26 Å². The Labute approximate surface area is 164 Å². The number of carbonyl (C=O) groups is 2. The molecule has 144 valence electrons. The van der Waals surface area contributed by atoms with Crippen LogP contribution in [-0.2, 0) is 4.79 Å². The van der Waals surface area contributed by atoms with Crippen LogP contribution in [0, 0.1) is 11.3 Å². The lowest BCUT2D eigenvalue weighted by Crippen LogP contribution is -2.52. The SMILES string of the molecule is CC(=O)c1cccc(OC(C)C(=O)N2CCN(c3cc(C#N)ccn3)CC2)c1. The van der Waals surface area contributed by atoms with Crippen molar-refractivity contribution in [2.45, 2.75) is 20.0 Å². The number of pyridine rings is 1. The molecule has 1 aliphatic heterocycles. The van der Waals surface area contributed by atoms with E-state index in [4.69, 9.17) is 10.00 Å². The summed E-state index contributed by atoms with van der Waals surface area (Å²) >= 11 is 0. The van der Waals surface area contributed by atoms with Crippen LogP contribution in [0.4, 0.5) is 5.82 Å². The van der Waals surface area contributed by atoms with E-state index in [2.05, 4.69) is 16.0 Å². The molecule has 0 spiro atoms. The number of benzene rings is 1. The minimum atomic E-state index is -0.645. The molecule has 1 saturated heterocycles. The zero-order chi connectivity index (χ0) is 20.1. The van der Waals surface area contributed by atoms with Gasteiger partial charge in [0.05, 0.1) is 11.6 Å². The fourth-order valence-corrected chi connectivity index (χ4v) is 3.12. The summed E-state index contributed by atoms with van der Waals surface area (Å²) in [6, 6.07) is 12.4. The van der Waals surface area contributed by atoms with E-state index < -0.39 is 6.10 Å². The van der Waals surface area contributed by atoms with Crippen LogP contribution >= 0.6 is 0 Å². The second-order valence-electron chi connectivity index (χ2n) is 6.67. The van der Waals surface area contributed by atoms with Crippen molar-refractivity contribution in [2.24, 2.45) is 0 Å². The van der Waals surface area contributed by atoms with Crippen molar-refractivity contribution in [1.82, 2.24) is 9.88 Å². The number of hydrogen-bond donors (Lipinski definition) is 0. The van der Waals surface area contributed by atoms with Gasteiger partial charge in [0.1, 0.15) is 11.6 Å². The van der Waals surface area contributed by atoms with Gasteiger partial charge in [0.25, 0.3) is 5.91 Å². The number of ketones is 1. The van der Waals surface area contributed by atoms with Gasteiger partial charge in [-0.15, -0.1) is 0 Å². The number of Topliss-reactive ketones (excluding diaryl/α,β-unsaturated/α-hetero) is 1. The van der Waals surface area contributed by atoms with E-state index in [9.17, 15) is 9.59 Å². The number of ether oxygens (including phenoxy) is 1. The first-order chi connectivity index (χ1) is 13.5. The summed E-state index contributed by atoms with van der Waals surface area (Å²) in [7, 11) is 0. The number of anilines is 1. The van der Waals surface area contributed by atoms with Gasteiger partial charge in [-0.3, -0.25) is 9.59 Å². The molecule has 0 bridgehead atoms. The Kier molecular flexibility index (Phi) is 5.90. The van der Waals surface area contributed by atoms with Gasteiger partial charge in [-0.2, -0.15) is 5.26 Å². The molecule has 1 atom stereocenters. The first-order valence-electron chi connectivity index (χ1n) is 9.15. The highest BCUT2D eigenvalue weighted by Crippen LogP contribution is 2.18. The van der Waals surface area contributed by atoms with Gasteiger partial charge in [0.2, 0.25) is 0 Å². The Morgan fingerprint density at radius 1 is 1.18 bits per heavy atom. The van der Waals surface area contributed by atoms with Crippen LogP contribution in [0.3, 0.4) is 0 Å². The molecule has 2 heterocycles. The lowest BCUT2D eigenvalue weighted by molar-refractivity contribution is -0.138. The Hall–Kier alpha value is -3.40. The van der Waals surface area contributed by atoms with Crippen LogP contribution in [-0.4, -0.2) is 53.9 Å². The first kappa shape index (κ1) is 19.4. The van der Waals surface area contributed by atoms with E-state index in [1.165, 1.54) is 6.92 Å². The quantitative estimate of drug-likeness (QED) is 0.742. The van der Waals surface area contributed by atoms with Crippen molar-refractivity contribution in [3.63, 3.8) is 0 Å². The fraction of sp³-hybridized carbons (Fsp3) is 0.333. The minimum Gasteiger partial charge on any atom is -0.481 e. The third-order valence-corrected chi connectivity index (χ3v) is 4.69. The molecule has 0 N–H and O–H groups in total. The Morgan fingerprint density at radius 2 is 1.93 bits per heavy atom. The van der Waals surface area contributed by atoms with Crippen molar-refractivity contribution in [3.05, 3.63) is 53.7 Å².